The molecule has 0 unspecified atom stereocenters. The Bertz CT molecular complexity index is 566. The quantitative estimate of drug-likeness (QED) is 0.803. The molecular weight excluding hydrogens is 308 g/mol. The SMILES string of the molecule is CCCNCCNC(=O)c1cc2cc(Br)ccc2o1. The van der Waals surface area contributed by atoms with Crippen molar-refractivity contribution in [3.05, 3.63) is 34.5 Å². The van der Waals surface area contributed by atoms with Crippen LogP contribution in [-0.4, -0.2) is 25.5 Å². The second-order valence-corrected chi connectivity index (χ2v) is 5.21. The van der Waals surface area contributed by atoms with Gasteiger partial charge in [0.25, 0.3) is 5.91 Å². The molecule has 4 nitrogen and oxygen atoms in total. The second kappa shape index (κ2) is 6.73. The van der Waals surface area contributed by atoms with Gasteiger partial charge < -0.3 is 15.1 Å². The fourth-order valence-corrected chi connectivity index (χ4v) is 2.16. The van der Waals surface area contributed by atoms with Crippen LogP contribution in [0.15, 0.2) is 33.2 Å². The van der Waals surface area contributed by atoms with Crippen LogP contribution in [0.5, 0.6) is 0 Å². The van der Waals surface area contributed by atoms with Gasteiger partial charge in [-0.2, -0.15) is 0 Å². The van der Waals surface area contributed by atoms with Crippen LogP contribution in [0.2, 0.25) is 0 Å². The van der Waals surface area contributed by atoms with Gasteiger partial charge in [0.05, 0.1) is 0 Å². The first-order chi connectivity index (χ1) is 9.20. The van der Waals surface area contributed by atoms with Crippen LogP contribution < -0.4 is 10.6 Å². The summed E-state index contributed by atoms with van der Waals surface area (Å²) in [6.45, 7) is 4.44. The molecule has 0 bridgehead atoms. The molecule has 102 valence electrons. The number of rotatable bonds is 6. The summed E-state index contributed by atoms with van der Waals surface area (Å²) in [5.41, 5.74) is 0.720. The Labute approximate surface area is 120 Å². The molecule has 5 heteroatoms. The van der Waals surface area contributed by atoms with Gasteiger partial charge in [0.1, 0.15) is 5.58 Å². The Morgan fingerprint density at radius 3 is 2.89 bits per heavy atom. The predicted octanol–water partition coefficient (Wildman–Crippen LogP) is 2.92. The molecule has 0 fully saturated rings. The molecule has 0 atom stereocenters. The highest BCUT2D eigenvalue weighted by molar-refractivity contribution is 9.10. The number of carbonyl (C=O) groups is 1. The van der Waals surface area contributed by atoms with Crippen molar-refractivity contribution in [3.8, 4) is 0 Å². The van der Waals surface area contributed by atoms with E-state index in [1.165, 1.54) is 0 Å². The summed E-state index contributed by atoms with van der Waals surface area (Å²) in [6, 6.07) is 7.43. The summed E-state index contributed by atoms with van der Waals surface area (Å²) < 4.78 is 6.48. The Balaban J connectivity index is 1.94. The largest absolute Gasteiger partial charge is 0.451 e. The fraction of sp³-hybridized carbons (Fsp3) is 0.357. The smallest absolute Gasteiger partial charge is 0.287 e. The first-order valence-electron chi connectivity index (χ1n) is 6.38. The van der Waals surface area contributed by atoms with Crippen molar-refractivity contribution in [1.29, 1.82) is 0 Å². The van der Waals surface area contributed by atoms with E-state index in [1.807, 2.05) is 18.2 Å². The average molecular weight is 325 g/mol. The van der Waals surface area contributed by atoms with Gasteiger partial charge in [-0.15, -0.1) is 0 Å². The van der Waals surface area contributed by atoms with Gasteiger partial charge in [0.2, 0.25) is 0 Å². The number of furan rings is 1. The van der Waals surface area contributed by atoms with Gasteiger partial charge in [0.15, 0.2) is 5.76 Å². The maximum atomic E-state index is 11.9. The zero-order chi connectivity index (χ0) is 13.7. The lowest BCUT2D eigenvalue weighted by atomic mass is 10.2. The van der Waals surface area contributed by atoms with Crippen LogP contribution >= 0.6 is 15.9 Å². The van der Waals surface area contributed by atoms with Crippen LogP contribution in [0.25, 0.3) is 11.0 Å². The normalized spacial score (nSPS) is 10.8. The van der Waals surface area contributed by atoms with Crippen LogP contribution in [0.4, 0.5) is 0 Å². The standard InChI is InChI=1S/C14H17BrN2O2/c1-2-5-16-6-7-17-14(18)13-9-10-8-11(15)3-4-12(10)19-13/h3-4,8-9,16H,2,5-7H2,1H3,(H,17,18). The van der Waals surface area contributed by atoms with Gasteiger partial charge in [-0.25, -0.2) is 0 Å². The lowest BCUT2D eigenvalue weighted by molar-refractivity contribution is 0.0928. The minimum atomic E-state index is -0.175. The topological polar surface area (TPSA) is 54.3 Å². The Hall–Kier alpha value is -1.33. The molecular formula is C14H17BrN2O2. The van der Waals surface area contributed by atoms with E-state index < -0.39 is 0 Å². The molecule has 1 aromatic heterocycles. The Kier molecular flexibility index (Phi) is 4.99. The van der Waals surface area contributed by atoms with Gasteiger partial charge >= 0.3 is 0 Å². The summed E-state index contributed by atoms with van der Waals surface area (Å²) in [7, 11) is 0. The second-order valence-electron chi connectivity index (χ2n) is 4.30. The third kappa shape index (κ3) is 3.81. The number of carbonyl (C=O) groups excluding carboxylic acids is 1. The average Bonchev–Trinajstić information content (AvgIpc) is 2.81. The number of benzene rings is 1. The van der Waals surface area contributed by atoms with Crippen LogP contribution in [-0.2, 0) is 0 Å². The van der Waals surface area contributed by atoms with Crippen molar-refractivity contribution in [3.63, 3.8) is 0 Å². The van der Waals surface area contributed by atoms with Gasteiger partial charge in [-0.05, 0) is 37.2 Å². The van der Waals surface area contributed by atoms with E-state index in [-0.39, 0.29) is 5.91 Å². The number of amides is 1. The third-order valence-corrected chi connectivity index (χ3v) is 3.21. The molecule has 0 radical (unpaired) electrons. The summed E-state index contributed by atoms with van der Waals surface area (Å²) in [5.74, 6) is 0.175. The monoisotopic (exact) mass is 324 g/mol. The van der Waals surface area contributed by atoms with E-state index in [4.69, 9.17) is 4.42 Å². The van der Waals surface area contributed by atoms with Crippen molar-refractivity contribution < 1.29 is 9.21 Å². The number of nitrogens with one attached hydrogen (secondary N) is 2. The highest BCUT2D eigenvalue weighted by Crippen LogP contribution is 2.23. The van der Waals surface area contributed by atoms with E-state index in [9.17, 15) is 4.79 Å². The van der Waals surface area contributed by atoms with Crippen LogP contribution in [0, 0.1) is 0 Å². The fourth-order valence-electron chi connectivity index (χ4n) is 1.78. The Morgan fingerprint density at radius 2 is 2.11 bits per heavy atom. The molecule has 0 spiro atoms. The minimum Gasteiger partial charge on any atom is -0.451 e. The summed E-state index contributed by atoms with van der Waals surface area (Å²) >= 11 is 3.39. The first-order valence-corrected chi connectivity index (χ1v) is 7.18. The maximum absolute atomic E-state index is 11.9. The highest BCUT2D eigenvalue weighted by Gasteiger charge is 2.11. The zero-order valence-electron chi connectivity index (χ0n) is 10.8. The van der Waals surface area contributed by atoms with Crippen molar-refractivity contribution in [2.45, 2.75) is 13.3 Å². The molecule has 2 rings (SSSR count). The van der Waals surface area contributed by atoms with E-state index >= 15 is 0 Å². The third-order valence-electron chi connectivity index (χ3n) is 2.72. The molecule has 0 saturated heterocycles. The van der Waals surface area contributed by atoms with E-state index in [0.29, 0.717) is 12.3 Å². The molecule has 0 aliphatic carbocycles. The van der Waals surface area contributed by atoms with Crippen molar-refractivity contribution in [2.24, 2.45) is 0 Å². The molecule has 0 aliphatic heterocycles. The van der Waals surface area contributed by atoms with E-state index in [2.05, 4.69) is 33.5 Å². The van der Waals surface area contributed by atoms with Gasteiger partial charge in [-0.3, -0.25) is 4.79 Å². The summed E-state index contributed by atoms with van der Waals surface area (Å²) in [4.78, 5) is 11.9. The van der Waals surface area contributed by atoms with E-state index in [0.717, 1.165) is 35.0 Å². The minimum absolute atomic E-state index is 0.175. The molecule has 0 aliphatic rings. The molecule has 19 heavy (non-hydrogen) atoms. The molecule has 1 heterocycles. The maximum Gasteiger partial charge on any atom is 0.287 e. The number of hydrogen-bond donors (Lipinski definition) is 2. The Morgan fingerprint density at radius 1 is 1.26 bits per heavy atom. The van der Waals surface area contributed by atoms with Crippen molar-refractivity contribution in [1.82, 2.24) is 10.6 Å². The lowest BCUT2D eigenvalue weighted by Gasteiger charge is -2.03. The lowest BCUT2D eigenvalue weighted by Crippen LogP contribution is -2.31. The zero-order valence-corrected chi connectivity index (χ0v) is 12.4. The summed E-state index contributed by atoms with van der Waals surface area (Å²) in [5, 5.41) is 6.97. The molecule has 1 aromatic carbocycles. The summed E-state index contributed by atoms with van der Waals surface area (Å²) in [6.07, 6.45) is 1.09. The van der Waals surface area contributed by atoms with Gasteiger partial charge in [0, 0.05) is 22.9 Å². The molecule has 2 N–H and O–H groups in total. The number of hydrogen-bond acceptors (Lipinski definition) is 3. The molecule has 0 saturated carbocycles. The molecule has 2 aromatic rings. The van der Waals surface area contributed by atoms with Crippen molar-refractivity contribution >= 4 is 32.8 Å². The number of halogens is 1. The highest BCUT2D eigenvalue weighted by atomic mass is 79.9. The van der Waals surface area contributed by atoms with Crippen LogP contribution in [0.3, 0.4) is 0 Å². The van der Waals surface area contributed by atoms with Gasteiger partial charge in [-0.1, -0.05) is 22.9 Å². The van der Waals surface area contributed by atoms with E-state index in [1.54, 1.807) is 6.07 Å². The first kappa shape index (κ1) is 14.1. The van der Waals surface area contributed by atoms with Crippen LogP contribution in [0.1, 0.15) is 23.9 Å². The van der Waals surface area contributed by atoms with Crippen molar-refractivity contribution in [2.75, 3.05) is 19.6 Å². The predicted molar refractivity (Wildman–Crippen MR) is 79.4 cm³/mol. The number of fused-ring (bicyclic) bond motifs is 1. The molecule has 1 amide bonds.